The predicted molar refractivity (Wildman–Crippen MR) is 51.2 cm³/mol. The first-order chi connectivity index (χ1) is 6.65. The summed E-state index contributed by atoms with van der Waals surface area (Å²) in [5, 5.41) is 11.3. The van der Waals surface area contributed by atoms with Crippen molar-refractivity contribution in [3.8, 4) is 0 Å². The first-order valence-corrected chi connectivity index (χ1v) is 4.17. The second kappa shape index (κ2) is 4.41. The lowest BCUT2D eigenvalue weighted by Gasteiger charge is -2.04. The van der Waals surface area contributed by atoms with Crippen molar-refractivity contribution in [2.24, 2.45) is 0 Å². The molecule has 14 heavy (non-hydrogen) atoms. The van der Waals surface area contributed by atoms with Gasteiger partial charge in [-0.1, -0.05) is 18.2 Å². The highest BCUT2D eigenvalue weighted by molar-refractivity contribution is 5.91. The molecule has 0 radical (unpaired) electrons. The molecule has 1 aromatic carbocycles. The Morgan fingerprint density at radius 1 is 1.36 bits per heavy atom. The number of carboxylic acids is 1. The van der Waals surface area contributed by atoms with Crippen molar-refractivity contribution in [2.75, 3.05) is 7.05 Å². The van der Waals surface area contributed by atoms with Crippen molar-refractivity contribution in [1.29, 1.82) is 0 Å². The van der Waals surface area contributed by atoms with Crippen LogP contribution in [0, 0.1) is 0 Å². The standard InChI is InChI=1S/C10H11NO3/c1-11-9(12)6-7-4-2-3-5-8(7)10(13)14/h2-5H,6H2,1H3,(H,11,12)(H,13,14). The molecular formula is C10H11NO3. The number of nitrogens with one attached hydrogen (secondary N) is 1. The van der Waals surface area contributed by atoms with Crippen LogP contribution in [0.5, 0.6) is 0 Å². The van der Waals surface area contributed by atoms with Crippen LogP contribution in [0.25, 0.3) is 0 Å². The molecular weight excluding hydrogens is 182 g/mol. The first-order valence-electron chi connectivity index (χ1n) is 4.17. The van der Waals surface area contributed by atoms with E-state index in [0.29, 0.717) is 5.56 Å². The molecule has 0 aromatic heterocycles. The van der Waals surface area contributed by atoms with Crippen LogP contribution < -0.4 is 5.32 Å². The van der Waals surface area contributed by atoms with E-state index < -0.39 is 5.97 Å². The Hall–Kier alpha value is -1.84. The molecule has 0 aliphatic heterocycles. The minimum atomic E-state index is -1.01. The van der Waals surface area contributed by atoms with Gasteiger partial charge in [0.15, 0.2) is 0 Å². The number of likely N-dealkylation sites (N-methyl/N-ethyl adjacent to an activating group) is 1. The quantitative estimate of drug-likeness (QED) is 0.741. The Morgan fingerprint density at radius 2 is 2.00 bits per heavy atom. The molecule has 0 heterocycles. The third-order valence-electron chi connectivity index (χ3n) is 1.88. The van der Waals surface area contributed by atoms with E-state index >= 15 is 0 Å². The van der Waals surface area contributed by atoms with Crippen molar-refractivity contribution < 1.29 is 14.7 Å². The van der Waals surface area contributed by atoms with Gasteiger partial charge in [0.2, 0.25) is 5.91 Å². The number of carbonyl (C=O) groups excluding carboxylic acids is 1. The number of hydrogen-bond donors (Lipinski definition) is 2. The highest BCUT2D eigenvalue weighted by Gasteiger charge is 2.10. The molecule has 1 rings (SSSR count). The number of carbonyl (C=O) groups is 2. The van der Waals surface area contributed by atoms with Crippen molar-refractivity contribution in [3.05, 3.63) is 35.4 Å². The molecule has 0 aliphatic carbocycles. The van der Waals surface area contributed by atoms with E-state index in [0.717, 1.165) is 0 Å². The summed E-state index contributed by atoms with van der Waals surface area (Å²) in [6, 6.07) is 6.47. The molecule has 4 heteroatoms. The summed E-state index contributed by atoms with van der Waals surface area (Å²) in [4.78, 5) is 21.8. The Morgan fingerprint density at radius 3 is 2.57 bits per heavy atom. The van der Waals surface area contributed by atoms with Crippen molar-refractivity contribution in [2.45, 2.75) is 6.42 Å². The van der Waals surface area contributed by atoms with Crippen LogP contribution in [0.3, 0.4) is 0 Å². The van der Waals surface area contributed by atoms with Gasteiger partial charge < -0.3 is 10.4 Å². The zero-order chi connectivity index (χ0) is 10.6. The highest BCUT2D eigenvalue weighted by atomic mass is 16.4. The summed E-state index contributed by atoms with van der Waals surface area (Å²) >= 11 is 0. The van der Waals surface area contributed by atoms with Crippen LogP contribution in [-0.2, 0) is 11.2 Å². The molecule has 0 saturated heterocycles. The molecule has 4 nitrogen and oxygen atoms in total. The number of benzene rings is 1. The van der Waals surface area contributed by atoms with Gasteiger partial charge in [0.1, 0.15) is 0 Å². The van der Waals surface area contributed by atoms with Gasteiger partial charge in [0, 0.05) is 7.05 Å². The summed E-state index contributed by atoms with van der Waals surface area (Å²) in [6.45, 7) is 0. The topological polar surface area (TPSA) is 66.4 Å². The maximum absolute atomic E-state index is 11.1. The Labute approximate surface area is 81.6 Å². The summed E-state index contributed by atoms with van der Waals surface area (Å²) in [6.07, 6.45) is 0.0962. The van der Waals surface area contributed by atoms with Crippen LogP contribution in [0.1, 0.15) is 15.9 Å². The molecule has 1 aromatic rings. The monoisotopic (exact) mass is 193 g/mol. The average Bonchev–Trinajstić information content (AvgIpc) is 2.18. The summed E-state index contributed by atoms with van der Waals surface area (Å²) in [5.41, 5.74) is 0.704. The van der Waals surface area contributed by atoms with Crippen molar-refractivity contribution >= 4 is 11.9 Å². The van der Waals surface area contributed by atoms with E-state index in [-0.39, 0.29) is 17.9 Å². The highest BCUT2D eigenvalue weighted by Crippen LogP contribution is 2.09. The zero-order valence-electron chi connectivity index (χ0n) is 7.78. The number of carboxylic acid groups (broad SMARTS) is 1. The van der Waals surface area contributed by atoms with E-state index in [1.54, 1.807) is 18.2 Å². The van der Waals surface area contributed by atoms with Crippen LogP contribution >= 0.6 is 0 Å². The van der Waals surface area contributed by atoms with Crippen molar-refractivity contribution in [3.63, 3.8) is 0 Å². The van der Waals surface area contributed by atoms with Gasteiger partial charge in [-0.05, 0) is 11.6 Å². The lowest BCUT2D eigenvalue weighted by Crippen LogP contribution is -2.21. The lowest BCUT2D eigenvalue weighted by atomic mass is 10.0. The largest absolute Gasteiger partial charge is 0.478 e. The van der Waals surface area contributed by atoms with Gasteiger partial charge in [-0.3, -0.25) is 4.79 Å². The van der Waals surface area contributed by atoms with Crippen LogP contribution in [0.4, 0.5) is 0 Å². The average molecular weight is 193 g/mol. The third kappa shape index (κ3) is 2.32. The number of amides is 1. The van der Waals surface area contributed by atoms with E-state index in [1.807, 2.05) is 0 Å². The molecule has 0 atom stereocenters. The van der Waals surface area contributed by atoms with Crippen LogP contribution in [0.15, 0.2) is 24.3 Å². The predicted octanol–water partition coefficient (Wildman–Crippen LogP) is 0.673. The summed E-state index contributed by atoms with van der Waals surface area (Å²) in [5.74, 6) is -1.21. The SMILES string of the molecule is CNC(=O)Cc1ccccc1C(=O)O. The summed E-state index contributed by atoms with van der Waals surface area (Å²) < 4.78 is 0. The molecule has 0 saturated carbocycles. The molecule has 0 bridgehead atoms. The van der Waals surface area contributed by atoms with Gasteiger partial charge in [-0.25, -0.2) is 4.79 Å². The van der Waals surface area contributed by atoms with Gasteiger partial charge in [0.05, 0.1) is 12.0 Å². The smallest absolute Gasteiger partial charge is 0.335 e. The van der Waals surface area contributed by atoms with E-state index in [2.05, 4.69) is 5.32 Å². The van der Waals surface area contributed by atoms with Gasteiger partial charge in [-0.2, -0.15) is 0 Å². The second-order valence-electron chi connectivity index (χ2n) is 2.81. The van der Waals surface area contributed by atoms with E-state index in [1.165, 1.54) is 13.1 Å². The third-order valence-corrected chi connectivity index (χ3v) is 1.88. The Balaban J connectivity index is 2.95. The maximum atomic E-state index is 11.1. The zero-order valence-corrected chi connectivity index (χ0v) is 7.78. The molecule has 0 fully saturated rings. The maximum Gasteiger partial charge on any atom is 0.335 e. The van der Waals surface area contributed by atoms with Gasteiger partial charge in [0.25, 0.3) is 0 Å². The molecule has 0 unspecified atom stereocenters. The van der Waals surface area contributed by atoms with E-state index in [9.17, 15) is 9.59 Å². The van der Waals surface area contributed by atoms with E-state index in [4.69, 9.17) is 5.11 Å². The molecule has 0 spiro atoms. The fourth-order valence-corrected chi connectivity index (χ4v) is 1.14. The normalized spacial score (nSPS) is 9.50. The fourth-order valence-electron chi connectivity index (χ4n) is 1.14. The minimum Gasteiger partial charge on any atom is -0.478 e. The molecule has 74 valence electrons. The van der Waals surface area contributed by atoms with Crippen LogP contribution in [0.2, 0.25) is 0 Å². The number of hydrogen-bond acceptors (Lipinski definition) is 2. The number of aromatic carboxylic acids is 1. The van der Waals surface area contributed by atoms with Crippen molar-refractivity contribution in [1.82, 2.24) is 5.32 Å². The molecule has 2 N–H and O–H groups in total. The van der Waals surface area contributed by atoms with Crippen LogP contribution in [-0.4, -0.2) is 24.0 Å². The molecule has 1 amide bonds. The second-order valence-corrected chi connectivity index (χ2v) is 2.81. The lowest BCUT2D eigenvalue weighted by molar-refractivity contribution is -0.119. The first kappa shape index (κ1) is 10.2. The van der Waals surface area contributed by atoms with Gasteiger partial charge in [-0.15, -0.1) is 0 Å². The summed E-state index contributed by atoms with van der Waals surface area (Å²) in [7, 11) is 1.52. The number of rotatable bonds is 3. The minimum absolute atomic E-state index is 0.0962. The fraction of sp³-hybridized carbons (Fsp3) is 0.200. The Bertz CT molecular complexity index is 360. The van der Waals surface area contributed by atoms with Gasteiger partial charge >= 0.3 is 5.97 Å². The Kier molecular flexibility index (Phi) is 3.23. The molecule has 0 aliphatic rings.